The molecular weight excluding hydrogens is 370 g/mol. The number of carbonyl (C=O) groups excluding carboxylic acids is 2. The summed E-state index contributed by atoms with van der Waals surface area (Å²) < 4.78 is 12.6. The van der Waals surface area contributed by atoms with E-state index in [1.807, 2.05) is 17.6 Å². The molecule has 1 saturated carbocycles. The minimum Gasteiger partial charge on any atom is -0.463 e. The summed E-state index contributed by atoms with van der Waals surface area (Å²) in [5.41, 5.74) is 1.15. The molecule has 29 heavy (non-hydrogen) atoms. The van der Waals surface area contributed by atoms with Crippen molar-refractivity contribution in [2.24, 2.45) is 5.92 Å². The number of carbonyl (C=O) groups is 2. The fourth-order valence-electron chi connectivity index (χ4n) is 4.84. The van der Waals surface area contributed by atoms with Crippen LogP contribution < -0.4 is 5.32 Å². The standard InChI is InChI=1S/C22H31N3O4/c1-15-7-4-5-8-16(15)23-21(27)22(2)14-24-17-9-12-29-19(17)13-18(24)20(26)25(22)10-6-11-28-3/h9,12-13,15-16H,4-8,10-11,14H2,1-3H3,(H,23,27)/t15-,16-,22-/m1/s1. The third-order valence-corrected chi connectivity index (χ3v) is 6.70. The molecule has 0 radical (unpaired) electrons. The highest BCUT2D eigenvalue weighted by atomic mass is 16.5. The number of amides is 2. The van der Waals surface area contributed by atoms with Crippen LogP contribution in [0.5, 0.6) is 0 Å². The van der Waals surface area contributed by atoms with Gasteiger partial charge in [-0.1, -0.05) is 19.8 Å². The van der Waals surface area contributed by atoms with Crippen LogP contribution in [0.3, 0.4) is 0 Å². The minimum atomic E-state index is -0.960. The number of nitrogens with zero attached hydrogens (tertiary/aromatic N) is 2. The first kappa shape index (κ1) is 20.0. The highest BCUT2D eigenvalue weighted by molar-refractivity contribution is 6.02. The normalized spacial score (nSPS) is 27.3. The maximum atomic E-state index is 13.6. The number of rotatable bonds is 6. The molecule has 7 heteroatoms. The van der Waals surface area contributed by atoms with Crippen LogP contribution in [-0.2, 0) is 16.1 Å². The van der Waals surface area contributed by atoms with Gasteiger partial charge in [0, 0.05) is 38.4 Å². The largest absolute Gasteiger partial charge is 0.463 e. The van der Waals surface area contributed by atoms with Crippen LogP contribution in [0.25, 0.3) is 11.1 Å². The lowest BCUT2D eigenvalue weighted by atomic mass is 9.85. The molecule has 2 amide bonds. The molecule has 0 aromatic carbocycles. The van der Waals surface area contributed by atoms with Gasteiger partial charge in [-0.25, -0.2) is 0 Å². The van der Waals surface area contributed by atoms with Crippen molar-refractivity contribution < 1.29 is 18.7 Å². The summed E-state index contributed by atoms with van der Waals surface area (Å²) in [6, 6.07) is 3.81. The number of aromatic nitrogens is 1. The zero-order valence-electron chi connectivity index (χ0n) is 17.6. The van der Waals surface area contributed by atoms with Crippen molar-refractivity contribution in [2.45, 2.75) is 64.1 Å². The van der Waals surface area contributed by atoms with Crippen molar-refractivity contribution in [1.29, 1.82) is 0 Å². The van der Waals surface area contributed by atoms with Gasteiger partial charge in [-0.3, -0.25) is 9.59 Å². The van der Waals surface area contributed by atoms with E-state index in [0.29, 0.717) is 43.3 Å². The molecule has 1 aliphatic heterocycles. The van der Waals surface area contributed by atoms with Gasteiger partial charge in [0.15, 0.2) is 5.58 Å². The zero-order valence-corrected chi connectivity index (χ0v) is 17.6. The summed E-state index contributed by atoms with van der Waals surface area (Å²) in [4.78, 5) is 28.7. The zero-order chi connectivity index (χ0) is 20.6. The molecule has 3 atom stereocenters. The molecule has 0 saturated heterocycles. The van der Waals surface area contributed by atoms with E-state index in [9.17, 15) is 9.59 Å². The molecule has 0 spiro atoms. The summed E-state index contributed by atoms with van der Waals surface area (Å²) in [7, 11) is 1.65. The van der Waals surface area contributed by atoms with Crippen molar-refractivity contribution in [3.05, 3.63) is 24.1 Å². The van der Waals surface area contributed by atoms with Crippen molar-refractivity contribution in [2.75, 3.05) is 20.3 Å². The van der Waals surface area contributed by atoms with Gasteiger partial charge < -0.3 is 23.9 Å². The molecule has 1 N–H and O–H groups in total. The van der Waals surface area contributed by atoms with Gasteiger partial charge in [0.1, 0.15) is 11.2 Å². The van der Waals surface area contributed by atoms with E-state index in [2.05, 4.69) is 12.2 Å². The molecule has 3 heterocycles. The topological polar surface area (TPSA) is 76.7 Å². The maximum absolute atomic E-state index is 13.6. The van der Waals surface area contributed by atoms with E-state index in [4.69, 9.17) is 9.15 Å². The number of hydrogen-bond acceptors (Lipinski definition) is 4. The predicted octanol–water partition coefficient (Wildman–Crippen LogP) is 3.18. The van der Waals surface area contributed by atoms with Crippen LogP contribution >= 0.6 is 0 Å². The van der Waals surface area contributed by atoms with Crippen LogP contribution in [0.15, 0.2) is 22.8 Å². The van der Waals surface area contributed by atoms with E-state index >= 15 is 0 Å². The van der Waals surface area contributed by atoms with E-state index in [1.165, 1.54) is 6.42 Å². The maximum Gasteiger partial charge on any atom is 0.271 e. The molecule has 0 unspecified atom stereocenters. The van der Waals surface area contributed by atoms with E-state index in [0.717, 1.165) is 24.8 Å². The Labute approximate surface area is 171 Å². The smallest absolute Gasteiger partial charge is 0.271 e. The molecule has 7 nitrogen and oxygen atoms in total. The van der Waals surface area contributed by atoms with E-state index < -0.39 is 5.54 Å². The first-order valence-corrected chi connectivity index (χ1v) is 10.6. The molecule has 1 aliphatic carbocycles. The molecular formula is C22H31N3O4. The average Bonchev–Trinajstić information content (AvgIpc) is 3.28. The van der Waals surface area contributed by atoms with Crippen LogP contribution in [0.4, 0.5) is 0 Å². The Balaban J connectivity index is 1.66. The van der Waals surface area contributed by atoms with E-state index in [1.54, 1.807) is 24.3 Å². The Bertz CT molecular complexity index is 901. The van der Waals surface area contributed by atoms with Crippen molar-refractivity contribution in [3.8, 4) is 0 Å². The summed E-state index contributed by atoms with van der Waals surface area (Å²) in [5, 5.41) is 3.28. The second kappa shape index (κ2) is 7.86. The molecule has 2 aliphatic rings. The van der Waals surface area contributed by atoms with Gasteiger partial charge in [-0.15, -0.1) is 0 Å². The summed E-state index contributed by atoms with van der Waals surface area (Å²) in [5.74, 6) is 0.256. The van der Waals surface area contributed by atoms with Crippen LogP contribution in [0.1, 0.15) is 56.4 Å². The fraction of sp³-hybridized carbons (Fsp3) is 0.636. The molecule has 2 aromatic heterocycles. The number of nitrogens with one attached hydrogen (secondary N) is 1. The molecule has 1 fully saturated rings. The Hall–Kier alpha value is -2.28. The van der Waals surface area contributed by atoms with Gasteiger partial charge in [0.25, 0.3) is 5.91 Å². The second-order valence-corrected chi connectivity index (χ2v) is 8.70. The number of ether oxygens (including phenoxy) is 1. The molecule has 4 rings (SSSR count). The van der Waals surface area contributed by atoms with Gasteiger partial charge in [-0.2, -0.15) is 0 Å². The van der Waals surface area contributed by atoms with Crippen LogP contribution in [0, 0.1) is 5.92 Å². The number of methoxy groups -OCH3 is 1. The van der Waals surface area contributed by atoms with Crippen molar-refractivity contribution in [3.63, 3.8) is 0 Å². The van der Waals surface area contributed by atoms with Crippen molar-refractivity contribution in [1.82, 2.24) is 14.8 Å². The molecule has 0 bridgehead atoms. The van der Waals surface area contributed by atoms with Gasteiger partial charge in [0.05, 0.1) is 18.3 Å². The predicted molar refractivity (Wildman–Crippen MR) is 110 cm³/mol. The third kappa shape index (κ3) is 3.45. The quantitative estimate of drug-likeness (QED) is 0.754. The highest BCUT2D eigenvalue weighted by Crippen LogP contribution is 2.33. The van der Waals surface area contributed by atoms with Crippen molar-refractivity contribution >= 4 is 22.9 Å². The van der Waals surface area contributed by atoms with Crippen LogP contribution in [-0.4, -0.2) is 53.1 Å². The van der Waals surface area contributed by atoms with Gasteiger partial charge in [0.2, 0.25) is 5.91 Å². The highest BCUT2D eigenvalue weighted by Gasteiger charge is 2.48. The lowest BCUT2D eigenvalue weighted by Crippen LogP contribution is -2.65. The Morgan fingerprint density at radius 3 is 2.93 bits per heavy atom. The summed E-state index contributed by atoms with van der Waals surface area (Å²) >= 11 is 0. The summed E-state index contributed by atoms with van der Waals surface area (Å²) in [6.07, 6.45) is 6.80. The van der Waals surface area contributed by atoms with Gasteiger partial charge >= 0.3 is 0 Å². The lowest BCUT2D eigenvalue weighted by molar-refractivity contribution is -0.134. The fourth-order valence-corrected chi connectivity index (χ4v) is 4.84. The minimum absolute atomic E-state index is 0.0713. The Kier molecular flexibility index (Phi) is 5.42. The first-order chi connectivity index (χ1) is 14.0. The second-order valence-electron chi connectivity index (χ2n) is 8.70. The number of hydrogen-bond donors (Lipinski definition) is 1. The Morgan fingerprint density at radius 2 is 2.17 bits per heavy atom. The molecule has 2 aromatic rings. The number of furan rings is 1. The SMILES string of the molecule is COCCCN1C(=O)c2cc3occc3n2C[C@]1(C)C(=O)N[C@@H]1CCCC[C@H]1C. The third-order valence-electron chi connectivity index (χ3n) is 6.70. The lowest BCUT2D eigenvalue weighted by Gasteiger charge is -2.45. The van der Waals surface area contributed by atoms with Gasteiger partial charge in [-0.05, 0) is 32.1 Å². The number of fused-ring (bicyclic) bond motifs is 3. The summed E-state index contributed by atoms with van der Waals surface area (Å²) in [6.45, 7) is 5.52. The molecule has 158 valence electrons. The average molecular weight is 402 g/mol. The first-order valence-electron chi connectivity index (χ1n) is 10.6. The Morgan fingerprint density at radius 1 is 1.38 bits per heavy atom. The van der Waals surface area contributed by atoms with Crippen LogP contribution in [0.2, 0.25) is 0 Å². The van der Waals surface area contributed by atoms with E-state index in [-0.39, 0.29) is 17.9 Å². The monoisotopic (exact) mass is 401 g/mol.